The molecular formula is C22H27ClN4O2S. The average Bonchev–Trinajstić information content (AvgIpc) is 3.19. The number of fused-ring (bicyclic) bond motifs is 1. The van der Waals surface area contributed by atoms with Crippen molar-refractivity contribution in [1.29, 1.82) is 0 Å². The Balaban J connectivity index is 1.54. The number of hydrogen-bond donors (Lipinski definition) is 0. The van der Waals surface area contributed by atoms with Gasteiger partial charge in [0.05, 0.1) is 12.3 Å². The van der Waals surface area contributed by atoms with Gasteiger partial charge in [-0.2, -0.15) is 9.61 Å². The highest BCUT2D eigenvalue weighted by Gasteiger charge is 2.21. The number of hydrogen-bond acceptors (Lipinski definition) is 6. The van der Waals surface area contributed by atoms with Gasteiger partial charge in [0.15, 0.2) is 0 Å². The van der Waals surface area contributed by atoms with Crippen LogP contribution in [-0.2, 0) is 17.8 Å². The van der Waals surface area contributed by atoms with Crippen molar-refractivity contribution < 1.29 is 4.74 Å². The molecule has 3 aromatic rings. The third kappa shape index (κ3) is 5.27. The largest absolute Gasteiger partial charge is 0.383 e. The molecule has 4 rings (SSSR count). The molecule has 1 aliphatic carbocycles. The number of benzene rings is 1. The first-order valence-corrected chi connectivity index (χ1v) is 11.7. The standard InChI is InChI=1S/C22H27ClN4O2S/c1-29-12-11-26(14-16-7-9-18(23)10-8-16)15-19-13-20(28)27-22(24-19)30-21(25-27)17-5-3-2-4-6-17/h7-10,13,17H,2-6,11-12,14-15H2,1H3. The molecule has 2 aromatic heterocycles. The molecule has 1 saturated carbocycles. The van der Waals surface area contributed by atoms with Crippen LogP contribution in [0.1, 0.15) is 54.3 Å². The molecule has 0 radical (unpaired) electrons. The van der Waals surface area contributed by atoms with E-state index in [2.05, 4.69) is 10.00 Å². The second-order valence-corrected chi connectivity index (χ2v) is 9.31. The first-order chi connectivity index (χ1) is 14.6. The molecule has 1 fully saturated rings. The molecule has 0 amide bonds. The Bertz CT molecular complexity index is 1030. The van der Waals surface area contributed by atoms with E-state index in [1.54, 1.807) is 24.5 Å². The van der Waals surface area contributed by atoms with Crippen molar-refractivity contribution in [3.8, 4) is 0 Å². The first-order valence-electron chi connectivity index (χ1n) is 10.5. The lowest BCUT2D eigenvalue weighted by atomic mass is 9.90. The van der Waals surface area contributed by atoms with Crippen LogP contribution in [0, 0.1) is 0 Å². The zero-order valence-corrected chi connectivity index (χ0v) is 18.8. The molecule has 8 heteroatoms. The van der Waals surface area contributed by atoms with Crippen LogP contribution in [-0.4, -0.2) is 39.8 Å². The highest BCUT2D eigenvalue weighted by Crippen LogP contribution is 2.34. The van der Waals surface area contributed by atoms with Gasteiger partial charge in [0.1, 0.15) is 5.01 Å². The van der Waals surface area contributed by atoms with Gasteiger partial charge < -0.3 is 4.74 Å². The van der Waals surface area contributed by atoms with Crippen molar-refractivity contribution in [2.45, 2.75) is 51.1 Å². The summed E-state index contributed by atoms with van der Waals surface area (Å²) in [4.78, 5) is 20.4. The minimum Gasteiger partial charge on any atom is -0.383 e. The maximum Gasteiger partial charge on any atom is 0.275 e. The minimum atomic E-state index is -0.105. The van der Waals surface area contributed by atoms with Gasteiger partial charge in [-0.1, -0.05) is 54.3 Å². The topological polar surface area (TPSA) is 59.7 Å². The number of halogens is 1. The average molecular weight is 447 g/mol. The number of ether oxygens (including phenoxy) is 1. The number of methoxy groups -OCH3 is 1. The van der Waals surface area contributed by atoms with Gasteiger partial charge in [-0.15, -0.1) is 0 Å². The zero-order valence-electron chi connectivity index (χ0n) is 17.2. The molecule has 2 heterocycles. The fraction of sp³-hybridized carbons (Fsp3) is 0.500. The molecule has 0 bridgehead atoms. The third-order valence-corrected chi connectivity index (χ3v) is 6.91. The van der Waals surface area contributed by atoms with Gasteiger partial charge in [-0.3, -0.25) is 9.69 Å². The van der Waals surface area contributed by atoms with Crippen molar-refractivity contribution in [3.05, 3.63) is 62.0 Å². The molecule has 30 heavy (non-hydrogen) atoms. The van der Waals surface area contributed by atoms with Gasteiger partial charge in [0, 0.05) is 43.8 Å². The summed E-state index contributed by atoms with van der Waals surface area (Å²) >= 11 is 7.57. The lowest BCUT2D eigenvalue weighted by Gasteiger charge is -2.21. The summed E-state index contributed by atoms with van der Waals surface area (Å²) in [6.07, 6.45) is 6.11. The third-order valence-electron chi connectivity index (χ3n) is 5.58. The van der Waals surface area contributed by atoms with Crippen molar-refractivity contribution in [3.63, 3.8) is 0 Å². The summed E-state index contributed by atoms with van der Waals surface area (Å²) in [7, 11) is 1.70. The van der Waals surface area contributed by atoms with Crippen molar-refractivity contribution in [1.82, 2.24) is 19.5 Å². The molecule has 0 aliphatic heterocycles. The Labute approximate surface area is 185 Å². The van der Waals surface area contributed by atoms with Gasteiger partial charge in [0.2, 0.25) is 4.96 Å². The van der Waals surface area contributed by atoms with Crippen LogP contribution in [0.4, 0.5) is 0 Å². The number of aromatic nitrogens is 3. The maximum atomic E-state index is 12.7. The van der Waals surface area contributed by atoms with Crippen LogP contribution in [0.3, 0.4) is 0 Å². The molecule has 0 spiro atoms. The predicted molar refractivity (Wildman–Crippen MR) is 120 cm³/mol. The second-order valence-electron chi connectivity index (χ2n) is 7.89. The van der Waals surface area contributed by atoms with Crippen molar-refractivity contribution >= 4 is 27.9 Å². The van der Waals surface area contributed by atoms with E-state index in [-0.39, 0.29) is 5.56 Å². The number of nitrogens with zero attached hydrogens (tertiary/aromatic N) is 4. The second kappa shape index (κ2) is 10.0. The Morgan fingerprint density at radius 2 is 1.97 bits per heavy atom. The Morgan fingerprint density at radius 1 is 1.20 bits per heavy atom. The van der Waals surface area contributed by atoms with Crippen LogP contribution >= 0.6 is 22.9 Å². The van der Waals surface area contributed by atoms with Crippen LogP contribution in [0.5, 0.6) is 0 Å². The summed E-state index contributed by atoms with van der Waals surface area (Å²) in [5, 5.41) is 6.37. The summed E-state index contributed by atoms with van der Waals surface area (Å²) in [5.41, 5.74) is 1.82. The van der Waals surface area contributed by atoms with Crippen molar-refractivity contribution in [2.24, 2.45) is 0 Å². The molecule has 0 atom stereocenters. The smallest absolute Gasteiger partial charge is 0.275 e. The van der Waals surface area contributed by atoms with Crippen LogP contribution in [0.15, 0.2) is 35.1 Å². The molecule has 160 valence electrons. The maximum absolute atomic E-state index is 12.7. The molecule has 0 unspecified atom stereocenters. The highest BCUT2D eigenvalue weighted by atomic mass is 35.5. The SMILES string of the molecule is COCCN(Cc1ccc(Cl)cc1)Cc1cc(=O)n2nc(C3CCCCC3)sc2n1. The van der Waals surface area contributed by atoms with Gasteiger partial charge in [-0.25, -0.2) is 4.98 Å². The van der Waals surface area contributed by atoms with Gasteiger partial charge >= 0.3 is 0 Å². The lowest BCUT2D eigenvalue weighted by molar-refractivity contribution is 0.139. The number of rotatable bonds is 8. The van der Waals surface area contributed by atoms with Crippen LogP contribution < -0.4 is 5.56 Å². The first kappa shape index (κ1) is 21.4. The van der Waals surface area contributed by atoms with E-state index in [4.69, 9.17) is 21.3 Å². The highest BCUT2D eigenvalue weighted by molar-refractivity contribution is 7.16. The van der Waals surface area contributed by atoms with Gasteiger partial charge in [0.25, 0.3) is 5.56 Å². The Hall–Kier alpha value is -1.80. The Morgan fingerprint density at radius 3 is 2.70 bits per heavy atom. The van der Waals surface area contributed by atoms with Crippen LogP contribution in [0.25, 0.3) is 4.96 Å². The van der Waals surface area contributed by atoms with Gasteiger partial charge in [-0.05, 0) is 30.5 Å². The zero-order chi connectivity index (χ0) is 20.9. The van der Waals surface area contributed by atoms with Crippen LogP contribution in [0.2, 0.25) is 5.02 Å². The molecule has 6 nitrogen and oxygen atoms in total. The molecular weight excluding hydrogens is 420 g/mol. The van der Waals surface area contributed by atoms with E-state index in [9.17, 15) is 4.79 Å². The van der Waals surface area contributed by atoms with E-state index in [0.717, 1.165) is 47.2 Å². The van der Waals surface area contributed by atoms with Crippen molar-refractivity contribution in [2.75, 3.05) is 20.3 Å². The van der Waals surface area contributed by atoms with E-state index < -0.39 is 0 Å². The minimum absolute atomic E-state index is 0.105. The summed E-state index contributed by atoms with van der Waals surface area (Å²) < 4.78 is 6.74. The summed E-state index contributed by atoms with van der Waals surface area (Å²) in [5.74, 6) is 0.469. The lowest BCUT2D eigenvalue weighted by Crippen LogP contribution is -2.28. The molecule has 0 saturated heterocycles. The molecule has 0 N–H and O–H groups in total. The predicted octanol–water partition coefficient (Wildman–Crippen LogP) is 4.50. The monoisotopic (exact) mass is 446 g/mol. The fourth-order valence-electron chi connectivity index (χ4n) is 3.98. The van der Waals surface area contributed by atoms with E-state index >= 15 is 0 Å². The molecule has 1 aromatic carbocycles. The van der Waals surface area contributed by atoms with E-state index in [1.165, 1.54) is 23.8 Å². The quantitative estimate of drug-likeness (QED) is 0.509. The normalized spacial score (nSPS) is 15.3. The van der Waals surface area contributed by atoms with E-state index in [1.807, 2.05) is 24.3 Å². The Kier molecular flexibility index (Phi) is 7.15. The molecule has 1 aliphatic rings. The van der Waals surface area contributed by atoms with E-state index in [0.29, 0.717) is 24.0 Å². The summed E-state index contributed by atoms with van der Waals surface area (Å²) in [6.45, 7) is 2.67. The summed E-state index contributed by atoms with van der Waals surface area (Å²) in [6, 6.07) is 9.44. The fourth-order valence-corrected chi connectivity index (χ4v) is 5.20.